The smallest absolute Gasteiger partial charge is 0.275 e. The summed E-state index contributed by atoms with van der Waals surface area (Å²) in [6, 6.07) is 4.78. The summed E-state index contributed by atoms with van der Waals surface area (Å²) in [6.45, 7) is 0. The van der Waals surface area contributed by atoms with Crippen LogP contribution in [0.1, 0.15) is 10.5 Å². The minimum atomic E-state index is -0.381. The first-order chi connectivity index (χ1) is 9.08. The molecule has 7 heteroatoms. The fourth-order valence-corrected chi connectivity index (χ4v) is 1.92. The fraction of sp³-hybridized carbons (Fsp3) is 0.0833. The van der Waals surface area contributed by atoms with Crippen LogP contribution in [0.2, 0.25) is 10.0 Å². The maximum Gasteiger partial charge on any atom is 0.275 e. The van der Waals surface area contributed by atoms with E-state index in [0.717, 1.165) is 0 Å². The molecular weight excluding hydrogens is 287 g/mol. The van der Waals surface area contributed by atoms with Crippen molar-refractivity contribution in [3.05, 3.63) is 46.3 Å². The molecule has 0 bridgehead atoms. The van der Waals surface area contributed by atoms with E-state index in [-0.39, 0.29) is 11.6 Å². The number of carbonyl (C=O) groups excluding carboxylic acids is 1. The molecule has 0 aliphatic heterocycles. The molecule has 0 fully saturated rings. The van der Waals surface area contributed by atoms with E-state index in [4.69, 9.17) is 23.2 Å². The molecule has 1 aromatic carbocycles. The second kappa shape index (κ2) is 5.86. The Morgan fingerprint density at radius 3 is 2.32 bits per heavy atom. The number of benzene rings is 1. The van der Waals surface area contributed by atoms with Crippen LogP contribution in [-0.2, 0) is 0 Å². The van der Waals surface area contributed by atoms with Gasteiger partial charge in [0.15, 0.2) is 0 Å². The third-order valence-corrected chi connectivity index (χ3v) is 2.70. The Morgan fingerprint density at radius 1 is 1.11 bits per heavy atom. The monoisotopic (exact) mass is 296 g/mol. The van der Waals surface area contributed by atoms with Gasteiger partial charge in [-0.15, -0.1) is 0 Å². The highest BCUT2D eigenvalue weighted by atomic mass is 35.5. The Kier molecular flexibility index (Phi) is 4.19. The molecule has 1 aromatic heterocycles. The Bertz CT molecular complexity index is 581. The van der Waals surface area contributed by atoms with Gasteiger partial charge in [-0.3, -0.25) is 4.79 Å². The van der Waals surface area contributed by atoms with Crippen LogP contribution in [0.25, 0.3) is 0 Å². The summed E-state index contributed by atoms with van der Waals surface area (Å²) in [5, 5.41) is 6.35. The average molecular weight is 297 g/mol. The van der Waals surface area contributed by atoms with Crippen molar-refractivity contribution >= 4 is 40.6 Å². The minimum absolute atomic E-state index is 0.204. The molecular formula is C12H10Cl2N4O. The highest BCUT2D eigenvalue weighted by Gasteiger charge is 2.09. The van der Waals surface area contributed by atoms with Crippen molar-refractivity contribution in [1.82, 2.24) is 9.97 Å². The van der Waals surface area contributed by atoms with Crippen LogP contribution >= 0.6 is 23.2 Å². The zero-order valence-electron chi connectivity index (χ0n) is 9.95. The van der Waals surface area contributed by atoms with Crippen molar-refractivity contribution in [3.8, 4) is 0 Å². The summed E-state index contributed by atoms with van der Waals surface area (Å²) in [7, 11) is 1.72. The molecule has 0 radical (unpaired) electrons. The molecule has 0 spiro atoms. The second-order valence-corrected chi connectivity index (χ2v) is 4.52. The van der Waals surface area contributed by atoms with Crippen LogP contribution in [0.3, 0.4) is 0 Å². The molecule has 19 heavy (non-hydrogen) atoms. The summed E-state index contributed by atoms with van der Waals surface area (Å²) in [5.41, 5.74) is 0.706. The van der Waals surface area contributed by atoms with E-state index < -0.39 is 0 Å². The third-order valence-electron chi connectivity index (χ3n) is 2.26. The molecule has 2 aromatic rings. The first kappa shape index (κ1) is 13.6. The number of carbonyl (C=O) groups is 1. The summed E-state index contributed by atoms with van der Waals surface area (Å²) < 4.78 is 0. The molecule has 2 N–H and O–H groups in total. The minimum Gasteiger partial charge on any atom is -0.372 e. The molecule has 0 atom stereocenters. The van der Waals surface area contributed by atoms with Gasteiger partial charge >= 0.3 is 0 Å². The number of halogens is 2. The molecule has 0 aliphatic carbocycles. The van der Waals surface area contributed by atoms with E-state index in [2.05, 4.69) is 20.6 Å². The first-order valence-corrected chi connectivity index (χ1v) is 6.11. The summed E-state index contributed by atoms with van der Waals surface area (Å²) in [6.07, 6.45) is 2.85. The molecule has 0 saturated carbocycles. The third kappa shape index (κ3) is 3.56. The Morgan fingerprint density at radius 2 is 1.79 bits per heavy atom. The number of amides is 1. The summed E-state index contributed by atoms with van der Waals surface area (Å²) >= 11 is 11.7. The van der Waals surface area contributed by atoms with Gasteiger partial charge < -0.3 is 10.6 Å². The Balaban J connectivity index is 2.15. The topological polar surface area (TPSA) is 66.9 Å². The number of hydrogen-bond acceptors (Lipinski definition) is 4. The zero-order valence-corrected chi connectivity index (χ0v) is 11.5. The second-order valence-electron chi connectivity index (χ2n) is 3.65. The van der Waals surface area contributed by atoms with E-state index in [0.29, 0.717) is 21.6 Å². The maximum absolute atomic E-state index is 11.9. The number of rotatable bonds is 3. The summed E-state index contributed by atoms with van der Waals surface area (Å²) in [5.74, 6) is 0.204. The van der Waals surface area contributed by atoms with Gasteiger partial charge in [-0.25, -0.2) is 9.97 Å². The lowest BCUT2D eigenvalue weighted by Gasteiger charge is -2.06. The van der Waals surface area contributed by atoms with Gasteiger partial charge in [-0.1, -0.05) is 23.2 Å². The van der Waals surface area contributed by atoms with Gasteiger partial charge in [0.25, 0.3) is 5.91 Å². The highest BCUT2D eigenvalue weighted by molar-refractivity contribution is 6.35. The molecule has 2 rings (SSSR count). The lowest BCUT2D eigenvalue weighted by molar-refractivity contribution is 0.102. The number of nitrogens with one attached hydrogen (secondary N) is 2. The molecule has 5 nitrogen and oxygen atoms in total. The summed E-state index contributed by atoms with van der Waals surface area (Å²) in [4.78, 5) is 19.9. The molecule has 0 aliphatic rings. The first-order valence-electron chi connectivity index (χ1n) is 5.36. The standard InChI is InChI=1S/C12H10Cl2N4O/c1-15-11-6-16-10(5-17-11)12(19)18-9-3-7(13)2-8(14)4-9/h2-6H,1H3,(H,15,17)(H,18,19). The number of hydrogen-bond donors (Lipinski definition) is 2. The number of anilines is 2. The van der Waals surface area contributed by atoms with Crippen LogP contribution < -0.4 is 10.6 Å². The van der Waals surface area contributed by atoms with E-state index in [1.165, 1.54) is 12.4 Å². The highest BCUT2D eigenvalue weighted by Crippen LogP contribution is 2.22. The van der Waals surface area contributed by atoms with Gasteiger partial charge in [0.2, 0.25) is 0 Å². The SMILES string of the molecule is CNc1cnc(C(=O)Nc2cc(Cl)cc(Cl)c2)cn1. The van der Waals surface area contributed by atoms with Crippen molar-refractivity contribution in [2.75, 3.05) is 17.7 Å². The molecule has 98 valence electrons. The van der Waals surface area contributed by atoms with E-state index in [1.807, 2.05) is 0 Å². The lowest BCUT2D eigenvalue weighted by atomic mass is 10.3. The van der Waals surface area contributed by atoms with Gasteiger partial charge in [-0.2, -0.15) is 0 Å². The Hall–Kier alpha value is -1.85. The number of nitrogens with zero attached hydrogens (tertiary/aromatic N) is 2. The molecule has 0 unspecified atom stereocenters. The van der Waals surface area contributed by atoms with Gasteiger partial charge in [0.05, 0.1) is 12.4 Å². The maximum atomic E-state index is 11.9. The van der Waals surface area contributed by atoms with Crippen LogP contribution in [-0.4, -0.2) is 22.9 Å². The molecule has 1 heterocycles. The predicted molar refractivity (Wildman–Crippen MR) is 76.0 cm³/mol. The van der Waals surface area contributed by atoms with Crippen molar-refractivity contribution in [1.29, 1.82) is 0 Å². The van der Waals surface area contributed by atoms with Crippen molar-refractivity contribution in [2.24, 2.45) is 0 Å². The van der Waals surface area contributed by atoms with E-state index in [9.17, 15) is 4.79 Å². The largest absolute Gasteiger partial charge is 0.372 e. The van der Waals surface area contributed by atoms with Crippen LogP contribution in [0.4, 0.5) is 11.5 Å². The Labute approximate surface area is 120 Å². The van der Waals surface area contributed by atoms with Gasteiger partial charge in [0, 0.05) is 22.8 Å². The average Bonchev–Trinajstić information content (AvgIpc) is 2.37. The van der Waals surface area contributed by atoms with Crippen molar-refractivity contribution in [3.63, 3.8) is 0 Å². The van der Waals surface area contributed by atoms with E-state index >= 15 is 0 Å². The van der Waals surface area contributed by atoms with Crippen molar-refractivity contribution in [2.45, 2.75) is 0 Å². The van der Waals surface area contributed by atoms with Crippen LogP contribution in [0, 0.1) is 0 Å². The fourth-order valence-electron chi connectivity index (χ4n) is 1.40. The molecule has 1 amide bonds. The zero-order chi connectivity index (χ0) is 13.8. The number of aromatic nitrogens is 2. The normalized spacial score (nSPS) is 10.1. The quantitative estimate of drug-likeness (QED) is 0.913. The van der Waals surface area contributed by atoms with E-state index in [1.54, 1.807) is 25.2 Å². The van der Waals surface area contributed by atoms with Gasteiger partial charge in [0.1, 0.15) is 11.5 Å². The lowest BCUT2D eigenvalue weighted by Crippen LogP contribution is -2.14. The predicted octanol–water partition coefficient (Wildman–Crippen LogP) is 3.08. The van der Waals surface area contributed by atoms with Crippen LogP contribution in [0.5, 0.6) is 0 Å². The van der Waals surface area contributed by atoms with Gasteiger partial charge in [-0.05, 0) is 18.2 Å². The van der Waals surface area contributed by atoms with Crippen LogP contribution in [0.15, 0.2) is 30.6 Å². The molecule has 0 saturated heterocycles. The van der Waals surface area contributed by atoms with Crippen molar-refractivity contribution < 1.29 is 4.79 Å².